The molecule has 9 rings (SSSR count). The van der Waals surface area contributed by atoms with Crippen molar-refractivity contribution in [3.05, 3.63) is 0 Å². The monoisotopic (exact) mass is 542 g/mol. The molecule has 9 fully saturated rings. The highest BCUT2D eigenvalue weighted by Gasteiger charge is 2.93. The van der Waals surface area contributed by atoms with E-state index in [1.165, 1.54) is 0 Å². The van der Waals surface area contributed by atoms with Gasteiger partial charge in [0.15, 0.2) is 5.60 Å². The lowest BCUT2D eigenvalue weighted by Crippen LogP contribution is -2.64. The van der Waals surface area contributed by atoms with Gasteiger partial charge in [-0.1, -0.05) is 13.8 Å². The lowest BCUT2D eigenvalue weighted by molar-refractivity contribution is -0.332. The summed E-state index contributed by atoms with van der Waals surface area (Å²) in [4.78, 5) is 54.5. The van der Waals surface area contributed by atoms with E-state index in [2.05, 4.69) is 0 Å². The molecule has 2 saturated carbocycles. The predicted molar refractivity (Wildman–Crippen MR) is 127 cm³/mol. The van der Waals surface area contributed by atoms with Gasteiger partial charge in [0, 0.05) is 35.5 Å². The van der Waals surface area contributed by atoms with E-state index < -0.39 is 81.7 Å². The van der Waals surface area contributed by atoms with Crippen LogP contribution in [0.25, 0.3) is 0 Å². The number of epoxide rings is 1. The number of ketones is 2. The van der Waals surface area contributed by atoms with Crippen LogP contribution in [0, 0.1) is 35.0 Å². The van der Waals surface area contributed by atoms with Gasteiger partial charge in [-0.3, -0.25) is 19.2 Å². The first-order valence-corrected chi connectivity index (χ1v) is 14.5. The van der Waals surface area contributed by atoms with Crippen LogP contribution in [0.3, 0.4) is 0 Å². The molecule has 4 spiro atoms. The van der Waals surface area contributed by atoms with E-state index in [4.69, 9.17) is 28.4 Å². The van der Waals surface area contributed by atoms with Crippen molar-refractivity contribution < 1.29 is 47.6 Å². The average molecular weight is 543 g/mol. The Bertz CT molecular complexity index is 1310. The lowest BCUT2D eigenvalue weighted by Gasteiger charge is -2.49. The minimum Gasteiger partial charge on any atom is -0.459 e. The second-order valence-electron chi connectivity index (χ2n) is 14.6. The van der Waals surface area contributed by atoms with Crippen LogP contribution >= 0.6 is 0 Å². The Morgan fingerprint density at radius 3 is 2.41 bits per heavy atom. The molecule has 10 nitrogen and oxygen atoms in total. The Balaban J connectivity index is 1.25. The molecule has 39 heavy (non-hydrogen) atoms. The summed E-state index contributed by atoms with van der Waals surface area (Å²) in [7, 11) is 0. The Labute approximate surface area is 225 Å². The predicted octanol–water partition coefficient (Wildman–Crippen LogP) is 1.64. The van der Waals surface area contributed by atoms with Crippen LogP contribution in [-0.2, 0) is 47.6 Å². The van der Waals surface area contributed by atoms with Gasteiger partial charge in [-0.2, -0.15) is 0 Å². The number of rotatable bonds is 0. The van der Waals surface area contributed by atoms with Crippen LogP contribution in [0.1, 0.15) is 66.7 Å². The van der Waals surface area contributed by atoms with Crippen molar-refractivity contribution in [3.63, 3.8) is 0 Å². The van der Waals surface area contributed by atoms with Gasteiger partial charge in [0.2, 0.25) is 11.6 Å². The molecular weight excluding hydrogens is 508 g/mol. The third-order valence-electron chi connectivity index (χ3n) is 12.7. The number of Topliss-reactive ketones (excluding diaryl/α,β-unsaturated/α-hetero) is 2. The molecule has 210 valence electrons. The number of fused-ring (bicyclic) bond motifs is 2. The van der Waals surface area contributed by atoms with Crippen LogP contribution in [0.2, 0.25) is 0 Å². The van der Waals surface area contributed by atoms with Gasteiger partial charge in [0.25, 0.3) is 0 Å². The summed E-state index contributed by atoms with van der Waals surface area (Å²) in [6.45, 7) is 9.57. The van der Waals surface area contributed by atoms with Crippen molar-refractivity contribution in [1.82, 2.24) is 0 Å². The fraction of sp³-hybridized carbons (Fsp3) is 0.862. The molecule has 7 aliphatic heterocycles. The van der Waals surface area contributed by atoms with E-state index >= 15 is 0 Å². The van der Waals surface area contributed by atoms with Crippen molar-refractivity contribution in [2.45, 2.75) is 119 Å². The molecule has 0 radical (unpaired) electrons. The number of esters is 2. The second kappa shape index (κ2) is 6.30. The second-order valence-corrected chi connectivity index (χ2v) is 14.6. The molecule has 2 bridgehead atoms. The quantitative estimate of drug-likeness (QED) is 0.329. The summed E-state index contributed by atoms with van der Waals surface area (Å²) < 4.78 is 38.8. The van der Waals surface area contributed by atoms with Gasteiger partial charge in [-0.05, 0) is 40.0 Å². The van der Waals surface area contributed by atoms with E-state index in [0.717, 1.165) is 0 Å². The Hall–Kier alpha value is -1.88. The molecule has 0 amide bonds. The third kappa shape index (κ3) is 2.20. The number of hydrogen-bond acceptors (Lipinski definition) is 10. The van der Waals surface area contributed by atoms with Crippen LogP contribution in [0.5, 0.6) is 0 Å². The molecule has 14 unspecified atom stereocenters. The maximum absolute atomic E-state index is 15.0. The fourth-order valence-corrected chi connectivity index (χ4v) is 11.1. The smallest absolute Gasteiger partial charge is 0.311 e. The van der Waals surface area contributed by atoms with Crippen LogP contribution in [0.15, 0.2) is 0 Å². The SMILES string of the molecule is CC1C(=O)OC2C1OC13OC4(CCC5(C)C(=O)C(C)C2C51)CC12OC(=O)CC1OC(C)(C)C2CC1OC14C3=O. The van der Waals surface area contributed by atoms with Crippen LogP contribution in [0.4, 0.5) is 0 Å². The maximum atomic E-state index is 15.0. The van der Waals surface area contributed by atoms with Gasteiger partial charge in [-0.15, -0.1) is 0 Å². The molecule has 7 saturated heterocycles. The molecule has 0 N–H and O–H groups in total. The first kappa shape index (κ1) is 23.8. The molecule has 0 aromatic rings. The summed E-state index contributed by atoms with van der Waals surface area (Å²) in [6, 6.07) is 0. The van der Waals surface area contributed by atoms with Crippen molar-refractivity contribution in [3.8, 4) is 0 Å². The van der Waals surface area contributed by atoms with E-state index in [1.54, 1.807) is 6.92 Å². The molecule has 10 heteroatoms. The minimum atomic E-state index is -1.74. The Kier molecular flexibility index (Phi) is 3.84. The molecule has 0 aromatic heterocycles. The van der Waals surface area contributed by atoms with Crippen molar-refractivity contribution in [2.24, 2.45) is 35.0 Å². The zero-order chi connectivity index (χ0) is 27.3. The Morgan fingerprint density at radius 2 is 1.64 bits per heavy atom. The summed E-state index contributed by atoms with van der Waals surface area (Å²) in [5.74, 6) is -4.86. The largest absolute Gasteiger partial charge is 0.459 e. The summed E-state index contributed by atoms with van der Waals surface area (Å²) in [5.41, 5.74) is -4.84. The van der Waals surface area contributed by atoms with E-state index in [9.17, 15) is 19.2 Å². The van der Waals surface area contributed by atoms with Crippen LogP contribution in [-0.4, -0.2) is 76.1 Å². The van der Waals surface area contributed by atoms with Gasteiger partial charge < -0.3 is 28.4 Å². The van der Waals surface area contributed by atoms with E-state index in [-0.39, 0.29) is 42.3 Å². The number of ether oxygens (including phenoxy) is 6. The number of carbonyl (C=O) groups is 4. The van der Waals surface area contributed by atoms with Crippen molar-refractivity contribution in [2.75, 3.05) is 0 Å². The third-order valence-corrected chi connectivity index (χ3v) is 12.7. The number of hydrogen-bond donors (Lipinski definition) is 0. The van der Waals surface area contributed by atoms with Gasteiger partial charge in [0.05, 0.1) is 24.0 Å². The van der Waals surface area contributed by atoms with E-state index in [0.29, 0.717) is 19.3 Å². The van der Waals surface area contributed by atoms with Gasteiger partial charge in [0.1, 0.15) is 35.3 Å². The summed E-state index contributed by atoms with van der Waals surface area (Å²) >= 11 is 0. The zero-order valence-electron chi connectivity index (χ0n) is 22.8. The maximum Gasteiger partial charge on any atom is 0.311 e. The van der Waals surface area contributed by atoms with Gasteiger partial charge >= 0.3 is 11.9 Å². The van der Waals surface area contributed by atoms with Crippen LogP contribution < -0.4 is 0 Å². The molecular formula is C29H34O10. The molecule has 9 aliphatic rings. The molecule has 14 atom stereocenters. The highest BCUT2D eigenvalue weighted by molar-refractivity contribution is 6.03. The fourth-order valence-electron chi connectivity index (χ4n) is 11.1. The first-order valence-electron chi connectivity index (χ1n) is 14.5. The molecule has 7 heterocycles. The Morgan fingerprint density at radius 1 is 0.872 bits per heavy atom. The minimum absolute atomic E-state index is 0.0551. The topological polar surface area (TPSA) is 127 Å². The van der Waals surface area contributed by atoms with Crippen molar-refractivity contribution >= 4 is 23.5 Å². The highest BCUT2D eigenvalue weighted by atomic mass is 16.8. The number of carbonyl (C=O) groups excluding carboxylic acids is 4. The molecule has 2 aliphatic carbocycles. The molecule has 0 aromatic carbocycles. The first-order chi connectivity index (χ1) is 18.3. The lowest BCUT2D eigenvalue weighted by atomic mass is 9.60. The highest BCUT2D eigenvalue weighted by Crippen LogP contribution is 2.76. The van der Waals surface area contributed by atoms with E-state index in [1.807, 2.05) is 27.7 Å². The standard InChI is InChI=1S/C29H34O10/c1-11-17-19-18(12(2)22(32)34-19)38-29-20(17)25(5,21(11)31)6-7-26(39-29)10-27-13(8-15-28(26,36-15)23(29)33)24(3,4)35-14(27)9-16(30)37-27/h11-15,17-20H,6-10H2,1-5H3. The zero-order valence-corrected chi connectivity index (χ0v) is 22.8. The van der Waals surface area contributed by atoms with Gasteiger partial charge in [-0.25, -0.2) is 0 Å². The summed E-state index contributed by atoms with van der Waals surface area (Å²) in [5, 5.41) is 0. The average Bonchev–Trinajstić information content (AvgIpc) is 3.29. The summed E-state index contributed by atoms with van der Waals surface area (Å²) in [6.07, 6.45) is -0.447. The van der Waals surface area contributed by atoms with Crippen molar-refractivity contribution in [1.29, 1.82) is 0 Å². The normalized spacial score (nSPS) is 62.6.